The Labute approximate surface area is 123 Å². The van der Waals surface area contributed by atoms with Crippen molar-refractivity contribution in [3.05, 3.63) is 56.9 Å². The van der Waals surface area contributed by atoms with E-state index in [0.717, 1.165) is 37.3 Å². The molecule has 2 heterocycles. The predicted molar refractivity (Wildman–Crippen MR) is 83.5 cm³/mol. The molecule has 0 unspecified atom stereocenters. The van der Waals surface area contributed by atoms with Crippen molar-refractivity contribution in [1.82, 2.24) is 9.13 Å². The van der Waals surface area contributed by atoms with Gasteiger partial charge in [-0.2, -0.15) is 0 Å². The molecule has 0 N–H and O–H groups in total. The first-order valence-electron chi connectivity index (χ1n) is 7.24. The largest absolute Gasteiger partial charge is 0.366 e. The van der Waals surface area contributed by atoms with Crippen LogP contribution in [0, 0.1) is 6.92 Å². The highest BCUT2D eigenvalue weighted by atomic mass is 16.2. The first-order chi connectivity index (χ1) is 10.1. The van der Waals surface area contributed by atoms with Gasteiger partial charge in [-0.15, -0.1) is 0 Å². The van der Waals surface area contributed by atoms with E-state index in [0.29, 0.717) is 5.69 Å². The molecule has 3 rings (SSSR count). The minimum Gasteiger partial charge on any atom is -0.366 e. The van der Waals surface area contributed by atoms with Crippen molar-refractivity contribution in [2.45, 2.75) is 19.8 Å². The Morgan fingerprint density at radius 3 is 2.24 bits per heavy atom. The van der Waals surface area contributed by atoms with Crippen LogP contribution in [0.1, 0.15) is 18.5 Å². The Morgan fingerprint density at radius 1 is 1.00 bits per heavy atom. The van der Waals surface area contributed by atoms with Crippen molar-refractivity contribution in [1.29, 1.82) is 0 Å². The van der Waals surface area contributed by atoms with Crippen molar-refractivity contribution in [2.75, 3.05) is 18.0 Å². The maximum Gasteiger partial charge on any atom is 0.335 e. The van der Waals surface area contributed by atoms with Crippen LogP contribution in [-0.4, -0.2) is 22.2 Å². The van der Waals surface area contributed by atoms with Crippen LogP contribution in [-0.2, 0) is 7.05 Å². The summed E-state index contributed by atoms with van der Waals surface area (Å²) in [5.74, 6) is 0. The molecule has 0 spiro atoms. The normalized spacial score (nSPS) is 14.7. The van der Waals surface area contributed by atoms with Crippen molar-refractivity contribution in [3.63, 3.8) is 0 Å². The van der Waals surface area contributed by atoms with Crippen molar-refractivity contribution >= 4 is 5.69 Å². The van der Waals surface area contributed by atoms with E-state index in [1.807, 2.05) is 37.3 Å². The van der Waals surface area contributed by atoms with E-state index in [-0.39, 0.29) is 11.2 Å². The number of para-hydroxylation sites is 1. The summed E-state index contributed by atoms with van der Waals surface area (Å²) in [4.78, 5) is 27.1. The maximum absolute atomic E-state index is 12.5. The van der Waals surface area contributed by atoms with Crippen LogP contribution in [0.2, 0.25) is 0 Å². The topological polar surface area (TPSA) is 47.2 Å². The molecule has 0 radical (unpaired) electrons. The van der Waals surface area contributed by atoms with Crippen LogP contribution in [0.4, 0.5) is 5.69 Å². The zero-order valence-electron chi connectivity index (χ0n) is 12.4. The van der Waals surface area contributed by atoms with E-state index in [4.69, 9.17) is 0 Å². The predicted octanol–water partition coefficient (Wildman–Crippen LogP) is 1.44. The van der Waals surface area contributed by atoms with Crippen LogP contribution in [0.25, 0.3) is 5.69 Å². The van der Waals surface area contributed by atoms with E-state index in [9.17, 15) is 9.59 Å². The summed E-state index contributed by atoms with van der Waals surface area (Å²) in [5, 5.41) is 0. The van der Waals surface area contributed by atoms with Gasteiger partial charge in [0.1, 0.15) is 5.69 Å². The average Bonchev–Trinajstić information content (AvgIpc) is 3.00. The quantitative estimate of drug-likeness (QED) is 0.839. The van der Waals surface area contributed by atoms with E-state index in [1.54, 1.807) is 11.6 Å². The van der Waals surface area contributed by atoms with E-state index in [2.05, 4.69) is 4.90 Å². The number of rotatable bonds is 2. The molecular weight excluding hydrogens is 266 g/mol. The van der Waals surface area contributed by atoms with Crippen LogP contribution in [0.15, 0.2) is 39.9 Å². The third-order valence-corrected chi connectivity index (χ3v) is 4.10. The molecule has 1 aromatic heterocycles. The Bertz CT molecular complexity index is 769. The second-order valence-electron chi connectivity index (χ2n) is 5.45. The van der Waals surface area contributed by atoms with Gasteiger partial charge in [0.2, 0.25) is 0 Å². The van der Waals surface area contributed by atoms with Gasteiger partial charge in [-0.1, -0.05) is 18.2 Å². The fourth-order valence-corrected chi connectivity index (χ4v) is 2.99. The Morgan fingerprint density at radius 2 is 1.62 bits per heavy atom. The Hall–Kier alpha value is -2.30. The summed E-state index contributed by atoms with van der Waals surface area (Å²) >= 11 is 0. The standard InChI is InChI=1S/C16H19N3O2/c1-12-14(18-10-6-7-11-18)15(20)17(2)16(21)19(12)13-8-4-3-5-9-13/h3-5,8-9H,6-7,10-11H2,1-2H3. The fraction of sp³-hybridized carbons (Fsp3) is 0.375. The van der Waals surface area contributed by atoms with Gasteiger partial charge in [0.15, 0.2) is 0 Å². The minimum atomic E-state index is -0.299. The number of anilines is 1. The highest BCUT2D eigenvalue weighted by Gasteiger charge is 2.22. The van der Waals surface area contributed by atoms with E-state index < -0.39 is 0 Å². The van der Waals surface area contributed by atoms with Gasteiger partial charge in [0, 0.05) is 20.1 Å². The molecule has 5 heteroatoms. The molecule has 2 aromatic rings. The van der Waals surface area contributed by atoms with Crippen LogP contribution in [0.3, 0.4) is 0 Å². The molecule has 110 valence electrons. The van der Waals surface area contributed by atoms with E-state index in [1.165, 1.54) is 4.57 Å². The summed E-state index contributed by atoms with van der Waals surface area (Å²) in [6.45, 7) is 3.61. The molecule has 0 amide bonds. The van der Waals surface area contributed by atoms with Gasteiger partial charge in [-0.05, 0) is 31.9 Å². The zero-order valence-corrected chi connectivity index (χ0v) is 12.4. The lowest BCUT2D eigenvalue weighted by Gasteiger charge is -2.22. The summed E-state index contributed by atoms with van der Waals surface area (Å²) in [5.41, 5.74) is 1.66. The molecular formula is C16H19N3O2. The van der Waals surface area contributed by atoms with Gasteiger partial charge in [0.05, 0.1) is 11.4 Å². The second kappa shape index (κ2) is 5.24. The first-order valence-corrected chi connectivity index (χ1v) is 7.24. The Balaban J connectivity index is 2.31. The second-order valence-corrected chi connectivity index (χ2v) is 5.45. The molecule has 1 saturated heterocycles. The molecule has 0 bridgehead atoms. The molecule has 1 aromatic carbocycles. The van der Waals surface area contributed by atoms with Crippen molar-refractivity contribution in [3.8, 4) is 5.69 Å². The molecule has 0 saturated carbocycles. The SMILES string of the molecule is Cc1c(N2CCCC2)c(=O)n(C)c(=O)n1-c1ccccc1. The molecule has 21 heavy (non-hydrogen) atoms. The van der Waals surface area contributed by atoms with Crippen LogP contribution in [0.5, 0.6) is 0 Å². The molecule has 1 aliphatic rings. The Kier molecular flexibility index (Phi) is 3.41. The number of benzene rings is 1. The van der Waals surface area contributed by atoms with Gasteiger partial charge in [-0.3, -0.25) is 13.9 Å². The third-order valence-electron chi connectivity index (χ3n) is 4.10. The number of aromatic nitrogens is 2. The summed E-state index contributed by atoms with van der Waals surface area (Å²) in [7, 11) is 1.54. The molecule has 0 atom stereocenters. The monoisotopic (exact) mass is 285 g/mol. The average molecular weight is 285 g/mol. The first kappa shape index (κ1) is 13.7. The lowest BCUT2D eigenvalue weighted by Crippen LogP contribution is -2.42. The summed E-state index contributed by atoms with van der Waals surface area (Å²) < 4.78 is 2.82. The molecule has 1 fully saturated rings. The number of nitrogens with zero attached hydrogens (tertiary/aromatic N) is 3. The highest BCUT2D eigenvalue weighted by Crippen LogP contribution is 2.21. The fourth-order valence-electron chi connectivity index (χ4n) is 2.99. The van der Waals surface area contributed by atoms with Gasteiger partial charge < -0.3 is 4.90 Å². The third kappa shape index (κ3) is 2.18. The zero-order chi connectivity index (χ0) is 15.0. The van der Waals surface area contributed by atoms with Gasteiger partial charge >= 0.3 is 5.69 Å². The van der Waals surface area contributed by atoms with Crippen LogP contribution >= 0.6 is 0 Å². The van der Waals surface area contributed by atoms with Crippen LogP contribution < -0.4 is 16.1 Å². The molecule has 1 aliphatic heterocycles. The summed E-state index contributed by atoms with van der Waals surface area (Å²) in [6.07, 6.45) is 2.18. The number of hydrogen-bond donors (Lipinski definition) is 0. The highest BCUT2D eigenvalue weighted by molar-refractivity contribution is 5.52. The van der Waals surface area contributed by atoms with Crippen molar-refractivity contribution < 1.29 is 0 Å². The van der Waals surface area contributed by atoms with Crippen molar-refractivity contribution in [2.24, 2.45) is 7.05 Å². The van der Waals surface area contributed by atoms with Gasteiger partial charge in [-0.25, -0.2) is 4.79 Å². The van der Waals surface area contributed by atoms with Gasteiger partial charge in [0.25, 0.3) is 5.56 Å². The lowest BCUT2D eigenvalue weighted by atomic mass is 10.2. The number of hydrogen-bond acceptors (Lipinski definition) is 3. The molecule has 5 nitrogen and oxygen atoms in total. The molecule has 0 aliphatic carbocycles. The summed E-state index contributed by atoms with van der Waals surface area (Å²) in [6, 6.07) is 9.45. The van der Waals surface area contributed by atoms with E-state index >= 15 is 0 Å². The maximum atomic E-state index is 12.5. The minimum absolute atomic E-state index is 0.202. The lowest BCUT2D eigenvalue weighted by molar-refractivity contribution is 0.704. The smallest absolute Gasteiger partial charge is 0.335 e.